The van der Waals surface area contributed by atoms with E-state index in [1.165, 1.54) is 10.4 Å². The average Bonchev–Trinajstić information content (AvgIpc) is 2.85. The molecular formula is C25H31N3O4S. The summed E-state index contributed by atoms with van der Waals surface area (Å²) >= 11 is 0. The lowest BCUT2D eigenvalue weighted by Crippen LogP contribution is -2.48. The van der Waals surface area contributed by atoms with Crippen molar-refractivity contribution in [2.75, 3.05) is 59.0 Å². The molecule has 7 nitrogen and oxygen atoms in total. The predicted octanol–water partition coefficient (Wildman–Crippen LogP) is 2.49. The van der Waals surface area contributed by atoms with Crippen molar-refractivity contribution in [3.63, 3.8) is 0 Å². The van der Waals surface area contributed by atoms with E-state index in [1.54, 1.807) is 17.0 Å². The van der Waals surface area contributed by atoms with E-state index in [0.29, 0.717) is 58.0 Å². The fourth-order valence-corrected chi connectivity index (χ4v) is 5.58. The van der Waals surface area contributed by atoms with Crippen LogP contribution >= 0.6 is 0 Å². The maximum Gasteiger partial charge on any atom is 0.254 e. The van der Waals surface area contributed by atoms with E-state index >= 15 is 0 Å². The normalized spacial score (nSPS) is 18.6. The number of sulfonamides is 1. The van der Waals surface area contributed by atoms with Crippen LogP contribution in [0.2, 0.25) is 0 Å². The molecule has 0 N–H and O–H groups in total. The summed E-state index contributed by atoms with van der Waals surface area (Å²) in [4.78, 5) is 17.1. The molecule has 2 saturated heterocycles. The highest BCUT2D eigenvalue weighted by Gasteiger charge is 2.30. The van der Waals surface area contributed by atoms with E-state index in [2.05, 4.69) is 29.2 Å². The van der Waals surface area contributed by atoms with E-state index in [0.717, 1.165) is 17.7 Å². The Morgan fingerprint density at radius 1 is 0.970 bits per heavy atom. The minimum Gasteiger partial charge on any atom is -0.378 e. The molecule has 8 heteroatoms. The number of piperazine rings is 1. The molecule has 0 saturated carbocycles. The Hall–Kier alpha value is -2.52. The number of morpholine rings is 1. The fourth-order valence-electron chi connectivity index (χ4n) is 4.13. The van der Waals surface area contributed by atoms with E-state index in [-0.39, 0.29) is 10.8 Å². The van der Waals surface area contributed by atoms with Crippen LogP contribution in [0.5, 0.6) is 0 Å². The molecule has 0 bridgehead atoms. The van der Waals surface area contributed by atoms with Gasteiger partial charge in [-0.1, -0.05) is 48.6 Å². The number of aryl methyl sites for hydroxylation is 1. The van der Waals surface area contributed by atoms with Gasteiger partial charge < -0.3 is 9.64 Å². The van der Waals surface area contributed by atoms with Crippen LogP contribution in [0.15, 0.2) is 59.5 Å². The molecule has 0 aliphatic carbocycles. The number of hydrogen-bond acceptors (Lipinski definition) is 5. The number of carbonyl (C=O) groups is 1. The smallest absolute Gasteiger partial charge is 0.254 e. The van der Waals surface area contributed by atoms with Crippen molar-refractivity contribution in [3.8, 4) is 0 Å². The van der Waals surface area contributed by atoms with Gasteiger partial charge in [0.15, 0.2) is 0 Å². The van der Waals surface area contributed by atoms with Crippen molar-refractivity contribution < 1.29 is 17.9 Å². The van der Waals surface area contributed by atoms with Gasteiger partial charge in [-0.05, 0) is 30.2 Å². The molecule has 176 valence electrons. The van der Waals surface area contributed by atoms with Gasteiger partial charge in [-0.3, -0.25) is 9.69 Å². The highest BCUT2D eigenvalue weighted by molar-refractivity contribution is 7.89. The maximum atomic E-state index is 13.3. The summed E-state index contributed by atoms with van der Waals surface area (Å²) in [6, 6.07) is 15.0. The van der Waals surface area contributed by atoms with E-state index < -0.39 is 10.0 Å². The van der Waals surface area contributed by atoms with Gasteiger partial charge in [0.2, 0.25) is 10.0 Å². The Balaban J connectivity index is 1.39. The summed E-state index contributed by atoms with van der Waals surface area (Å²) < 4.78 is 33.5. The summed E-state index contributed by atoms with van der Waals surface area (Å²) in [6.45, 7) is 6.89. The zero-order valence-corrected chi connectivity index (χ0v) is 19.8. The Bertz CT molecular complexity index is 1090. The van der Waals surface area contributed by atoms with Gasteiger partial charge >= 0.3 is 0 Å². The summed E-state index contributed by atoms with van der Waals surface area (Å²) in [5.74, 6) is -0.136. The van der Waals surface area contributed by atoms with Crippen LogP contribution in [-0.4, -0.2) is 87.5 Å². The number of rotatable bonds is 6. The summed E-state index contributed by atoms with van der Waals surface area (Å²) in [6.07, 6.45) is 4.20. The molecule has 0 radical (unpaired) electrons. The molecule has 0 spiro atoms. The van der Waals surface area contributed by atoms with Crippen LogP contribution in [0.25, 0.3) is 6.08 Å². The second-order valence-corrected chi connectivity index (χ2v) is 10.3. The standard InChI is InChI=1S/C25H31N3O4S/c1-21-9-10-23(20-24(21)25(29)27-16-18-32-19-17-27)33(30,31)28-14-12-26(13-15-28)11-5-8-22-6-3-2-4-7-22/h2-10,20H,11-19H2,1H3/b8-5+. The molecule has 2 aromatic rings. The Labute approximate surface area is 196 Å². The molecule has 0 unspecified atom stereocenters. The molecule has 2 heterocycles. The Kier molecular flexibility index (Phi) is 7.60. The Morgan fingerprint density at radius 2 is 1.67 bits per heavy atom. The van der Waals surface area contributed by atoms with Gasteiger partial charge in [0.05, 0.1) is 18.1 Å². The highest BCUT2D eigenvalue weighted by atomic mass is 32.2. The van der Waals surface area contributed by atoms with E-state index in [9.17, 15) is 13.2 Å². The minimum atomic E-state index is -3.66. The molecule has 33 heavy (non-hydrogen) atoms. The first-order valence-electron chi connectivity index (χ1n) is 11.4. The van der Waals surface area contributed by atoms with Gasteiger partial charge in [-0.15, -0.1) is 0 Å². The van der Waals surface area contributed by atoms with Crippen LogP contribution in [0.3, 0.4) is 0 Å². The van der Waals surface area contributed by atoms with Crippen LogP contribution < -0.4 is 0 Å². The van der Waals surface area contributed by atoms with E-state index in [1.807, 2.05) is 25.1 Å². The maximum absolute atomic E-state index is 13.3. The van der Waals surface area contributed by atoms with Crippen molar-refractivity contribution in [3.05, 3.63) is 71.3 Å². The molecule has 2 aliphatic heterocycles. The molecule has 2 fully saturated rings. The van der Waals surface area contributed by atoms with Crippen LogP contribution in [0.1, 0.15) is 21.5 Å². The van der Waals surface area contributed by atoms with Crippen LogP contribution in [0, 0.1) is 6.92 Å². The largest absolute Gasteiger partial charge is 0.378 e. The van der Waals surface area contributed by atoms with Crippen molar-refractivity contribution in [2.24, 2.45) is 0 Å². The third kappa shape index (κ3) is 5.70. The first-order chi connectivity index (χ1) is 15.9. The minimum absolute atomic E-state index is 0.136. The third-order valence-corrected chi connectivity index (χ3v) is 8.07. The third-order valence-electron chi connectivity index (χ3n) is 6.18. The SMILES string of the molecule is Cc1ccc(S(=O)(=O)N2CCN(C/C=C/c3ccccc3)CC2)cc1C(=O)N1CCOCC1. The quantitative estimate of drug-likeness (QED) is 0.650. The topological polar surface area (TPSA) is 70.2 Å². The summed E-state index contributed by atoms with van der Waals surface area (Å²) in [7, 11) is -3.66. The van der Waals surface area contributed by atoms with Gasteiger partial charge in [0, 0.05) is 51.4 Å². The first-order valence-corrected chi connectivity index (χ1v) is 12.8. The molecule has 4 rings (SSSR count). The molecule has 1 amide bonds. The average molecular weight is 470 g/mol. The second-order valence-electron chi connectivity index (χ2n) is 8.40. The van der Waals surface area contributed by atoms with Gasteiger partial charge in [-0.2, -0.15) is 4.31 Å². The highest BCUT2D eigenvalue weighted by Crippen LogP contribution is 2.22. The number of hydrogen-bond donors (Lipinski definition) is 0. The number of nitrogens with zero attached hydrogens (tertiary/aromatic N) is 3. The van der Waals surface area contributed by atoms with Gasteiger partial charge in [0.1, 0.15) is 0 Å². The molecule has 0 aromatic heterocycles. The number of carbonyl (C=O) groups excluding carboxylic acids is 1. The van der Waals surface area contributed by atoms with Gasteiger partial charge in [0.25, 0.3) is 5.91 Å². The number of ether oxygens (including phenoxy) is 1. The molecule has 0 atom stereocenters. The van der Waals surface area contributed by atoms with Crippen LogP contribution in [0.4, 0.5) is 0 Å². The lowest BCUT2D eigenvalue weighted by atomic mass is 10.1. The molecule has 2 aliphatic rings. The van der Waals surface area contributed by atoms with Crippen molar-refractivity contribution in [2.45, 2.75) is 11.8 Å². The molecule has 2 aromatic carbocycles. The second kappa shape index (κ2) is 10.6. The summed E-state index contributed by atoms with van der Waals surface area (Å²) in [5, 5.41) is 0. The zero-order valence-electron chi connectivity index (χ0n) is 19.0. The van der Waals surface area contributed by atoms with Crippen molar-refractivity contribution in [1.82, 2.24) is 14.1 Å². The first kappa shape index (κ1) is 23.6. The molecular weight excluding hydrogens is 438 g/mol. The zero-order chi connectivity index (χ0) is 23.3. The lowest BCUT2D eigenvalue weighted by molar-refractivity contribution is 0.0302. The Morgan fingerprint density at radius 3 is 2.36 bits per heavy atom. The van der Waals surface area contributed by atoms with E-state index in [4.69, 9.17) is 4.74 Å². The van der Waals surface area contributed by atoms with Gasteiger partial charge in [-0.25, -0.2) is 8.42 Å². The monoisotopic (exact) mass is 469 g/mol. The fraction of sp³-hybridized carbons (Fsp3) is 0.400. The predicted molar refractivity (Wildman–Crippen MR) is 129 cm³/mol. The summed E-state index contributed by atoms with van der Waals surface area (Å²) in [5.41, 5.74) is 2.38. The number of amides is 1. The van der Waals surface area contributed by atoms with Crippen molar-refractivity contribution >= 4 is 22.0 Å². The van der Waals surface area contributed by atoms with Crippen molar-refractivity contribution in [1.29, 1.82) is 0 Å². The number of benzene rings is 2. The lowest BCUT2D eigenvalue weighted by Gasteiger charge is -2.33. The van der Waals surface area contributed by atoms with Crippen LogP contribution in [-0.2, 0) is 14.8 Å².